The minimum atomic E-state index is 0.285. The van der Waals surface area contributed by atoms with Gasteiger partial charge >= 0.3 is 0 Å². The van der Waals surface area contributed by atoms with Crippen LogP contribution < -0.4 is 0 Å². The second kappa shape index (κ2) is 4.86. The molecule has 0 unspecified atom stereocenters. The molecule has 0 bridgehead atoms. The van der Waals surface area contributed by atoms with Gasteiger partial charge in [0.1, 0.15) is 0 Å². The van der Waals surface area contributed by atoms with E-state index < -0.39 is 0 Å². The van der Waals surface area contributed by atoms with E-state index in [4.69, 9.17) is 16.3 Å². The van der Waals surface area contributed by atoms with Gasteiger partial charge in [0.15, 0.2) is 0 Å². The van der Waals surface area contributed by atoms with Crippen LogP contribution in [0.15, 0.2) is 11.4 Å². The Kier molecular flexibility index (Phi) is 3.70. The van der Waals surface area contributed by atoms with Crippen molar-refractivity contribution in [2.45, 2.75) is 26.2 Å². The van der Waals surface area contributed by atoms with Crippen LogP contribution in [0.4, 0.5) is 0 Å². The number of hydrogen-bond acceptors (Lipinski definition) is 2. The van der Waals surface area contributed by atoms with Crippen LogP contribution in [0.1, 0.15) is 23.3 Å². The number of rotatable bonds is 3. The van der Waals surface area contributed by atoms with Gasteiger partial charge in [-0.25, -0.2) is 0 Å². The SMILES string of the molecule is Cc1cc(CC2(CCl)CCOCC2)cs1. The Balaban J connectivity index is 2.06. The van der Waals surface area contributed by atoms with E-state index in [1.807, 2.05) is 11.3 Å². The fourth-order valence-electron chi connectivity index (χ4n) is 2.19. The fraction of sp³-hybridized carbons (Fsp3) is 0.667. The molecular weight excluding hydrogens is 228 g/mol. The number of hydrogen-bond donors (Lipinski definition) is 0. The Morgan fingerprint density at radius 3 is 2.73 bits per heavy atom. The molecule has 1 aromatic heterocycles. The highest BCUT2D eigenvalue weighted by atomic mass is 35.5. The van der Waals surface area contributed by atoms with Crippen LogP contribution in [-0.2, 0) is 11.2 Å². The smallest absolute Gasteiger partial charge is 0.0471 e. The van der Waals surface area contributed by atoms with Gasteiger partial charge in [0.2, 0.25) is 0 Å². The molecule has 0 N–H and O–H groups in total. The van der Waals surface area contributed by atoms with Crippen molar-refractivity contribution in [2.75, 3.05) is 19.1 Å². The van der Waals surface area contributed by atoms with Gasteiger partial charge in [-0.3, -0.25) is 0 Å². The molecule has 1 nitrogen and oxygen atoms in total. The first kappa shape index (κ1) is 11.4. The molecule has 1 aliphatic heterocycles. The van der Waals surface area contributed by atoms with Crippen molar-refractivity contribution in [1.82, 2.24) is 0 Å². The zero-order chi connectivity index (χ0) is 10.7. The summed E-state index contributed by atoms with van der Waals surface area (Å²) in [4.78, 5) is 1.39. The first-order valence-corrected chi connectivity index (χ1v) is 6.83. The summed E-state index contributed by atoms with van der Waals surface area (Å²) in [5.74, 6) is 0.755. The van der Waals surface area contributed by atoms with Gasteiger partial charge in [0, 0.05) is 24.0 Å². The lowest BCUT2D eigenvalue weighted by Gasteiger charge is -2.35. The lowest BCUT2D eigenvalue weighted by atomic mass is 9.77. The molecule has 1 aliphatic rings. The van der Waals surface area contributed by atoms with Crippen molar-refractivity contribution in [3.63, 3.8) is 0 Å². The molecule has 0 aromatic carbocycles. The van der Waals surface area contributed by atoms with E-state index >= 15 is 0 Å². The van der Waals surface area contributed by atoms with Crippen molar-refractivity contribution in [3.05, 3.63) is 21.9 Å². The van der Waals surface area contributed by atoms with Gasteiger partial charge in [-0.1, -0.05) is 0 Å². The normalized spacial score (nSPS) is 20.4. The molecule has 1 aromatic rings. The number of alkyl halides is 1. The molecule has 0 radical (unpaired) electrons. The zero-order valence-corrected chi connectivity index (χ0v) is 10.7. The molecule has 0 saturated carbocycles. The summed E-state index contributed by atoms with van der Waals surface area (Å²) >= 11 is 7.97. The Morgan fingerprint density at radius 1 is 1.47 bits per heavy atom. The first-order valence-electron chi connectivity index (χ1n) is 5.42. The Morgan fingerprint density at radius 2 is 2.20 bits per heavy atom. The number of aryl methyl sites for hydroxylation is 1. The van der Waals surface area contributed by atoms with Gasteiger partial charge in [0.05, 0.1) is 0 Å². The number of halogens is 1. The molecule has 2 rings (SSSR count). The van der Waals surface area contributed by atoms with Crippen molar-refractivity contribution in [3.8, 4) is 0 Å². The predicted molar refractivity (Wildman–Crippen MR) is 66.0 cm³/mol. The third-order valence-corrected chi connectivity index (χ3v) is 4.68. The third-order valence-electron chi connectivity index (χ3n) is 3.20. The van der Waals surface area contributed by atoms with Crippen LogP contribution >= 0.6 is 22.9 Å². The minimum absolute atomic E-state index is 0.285. The highest BCUT2D eigenvalue weighted by Gasteiger charge is 2.32. The van der Waals surface area contributed by atoms with Crippen LogP contribution in [0.2, 0.25) is 0 Å². The van der Waals surface area contributed by atoms with Crippen molar-refractivity contribution in [2.24, 2.45) is 5.41 Å². The monoisotopic (exact) mass is 244 g/mol. The molecular formula is C12H17ClOS. The second-order valence-electron chi connectivity index (χ2n) is 4.49. The molecule has 15 heavy (non-hydrogen) atoms. The van der Waals surface area contributed by atoms with Crippen LogP contribution in [0.3, 0.4) is 0 Å². The lowest BCUT2D eigenvalue weighted by Crippen LogP contribution is -2.33. The van der Waals surface area contributed by atoms with E-state index in [0.29, 0.717) is 0 Å². The van der Waals surface area contributed by atoms with Gasteiger partial charge < -0.3 is 4.74 Å². The van der Waals surface area contributed by atoms with Crippen LogP contribution in [0.5, 0.6) is 0 Å². The maximum absolute atomic E-state index is 6.14. The van der Waals surface area contributed by atoms with Gasteiger partial charge in [-0.2, -0.15) is 0 Å². The average Bonchev–Trinajstić information content (AvgIpc) is 2.65. The van der Waals surface area contributed by atoms with Gasteiger partial charge in [-0.15, -0.1) is 22.9 Å². The summed E-state index contributed by atoms with van der Waals surface area (Å²) in [6, 6.07) is 2.29. The summed E-state index contributed by atoms with van der Waals surface area (Å²) in [6.07, 6.45) is 3.32. The largest absolute Gasteiger partial charge is 0.381 e. The molecule has 3 heteroatoms. The van der Waals surface area contributed by atoms with E-state index in [-0.39, 0.29) is 5.41 Å². The van der Waals surface area contributed by atoms with E-state index in [1.54, 1.807) is 0 Å². The summed E-state index contributed by atoms with van der Waals surface area (Å²) in [6.45, 7) is 3.90. The van der Waals surface area contributed by atoms with Crippen molar-refractivity contribution < 1.29 is 4.74 Å². The topological polar surface area (TPSA) is 9.23 Å². The summed E-state index contributed by atoms with van der Waals surface area (Å²) < 4.78 is 5.41. The maximum atomic E-state index is 6.14. The van der Waals surface area contributed by atoms with Crippen molar-refractivity contribution in [1.29, 1.82) is 0 Å². The van der Waals surface area contributed by atoms with Crippen LogP contribution in [0, 0.1) is 12.3 Å². The Hall–Kier alpha value is -0.0500. The summed E-state index contributed by atoms with van der Waals surface area (Å²) in [5, 5.41) is 2.26. The standard InChI is InChI=1S/C12H17ClOS/c1-10-6-11(8-15-10)7-12(9-13)2-4-14-5-3-12/h6,8H,2-5,7,9H2,1H3. The van der Waals surface area contributed by atoms with Gasteiger partial charge in [0.25, 0.3) is 0 Å². The molecule has 1 fully saturated rings. The highest BCUT2D eigenvalue weighted by molar-refractivity contribution is 7.10. The minimum Gasteiger partial charge on any atom is -0.381 e. The number of thiophene rings is 1. The Labute approximate surface area is 100 Å². The molecule has 1 saturated heterocycles. The quantitative estimate of drug-likeness (QED) is 0.738. The molecule has 0 aliphatic carbocycles. The first-order chi connectivity index (χ1) is 7.24. The molecule has 0 amide bonds. The maximum Gasteiger partial charge on any atom is 0.0471 e. The average molecular weight is 245 g/mol. The van der Waals surface area contributed by atoms with E-state index in [0.717, 1.165) is 38.4 Å². The van der Waals surface area contributed by atoms with Gasteiger partial charge in [-0.05, 0) is 48.6 Å². The lowest BCUT2D eigenvalue weighted by molar-refractivity contribution is 0.0258. The van der Waals surface area contributed by atoms with Crippen LogP contribution in [-0.4, -0.2) is 19.1 Å². The van der Waals surface area contributed by atoms with Crippen molar-refractivity contribution >= 4 is 22.9 Å². The molecule has 0 atom stereocenters. The van der Waals surface area contributed by atoms with Crippen LogP contribution in [0.25, 0.3) is 0 Å². The highest BCUT2D eigenvalue weighted by Crippen LogP contribution is 2.36. The summed E-state index contributed by atoms with van der Waals surface area (Å²) in [5.41, 5.74) is 1.73. The number of ether oxygens (including phenoxy) is 1. The second-order valence-corrected chi connectivity index (χ2v) is 5.87. The third kappa shape index (κ3) is 2.74. The Bertz CT molecular complexity index is 315. The molecule has 2 heterocycles. The van der Waals surface area contributed by atoms with E-state index in [2.05, 4.69) is 18.4 Å². The van der Waals surface area contributed by atoms with E-state index in [1.165, 1.54) is 10.4 Å². The predicted octanol–water partition coefficient (Wildman–Crippen LogP) is 3.63. The zero-order valence-electron chi connectivity index (χ0n) is 9.09. The summed E-state index contributed by atoms with van der Waals surface area (Å²) in [7, 11) is 0. The molecule has 0 spiro atoms. The molecule has 84 valence electrons. The fourth-order valence-corrected chi connectivity index (χ4v) is 3.26. The van der Waals surface area contributed by atoms with E-state index in [9.17, 15) is 0 Å².